The molecule has 0 fully saturated rings. The van der Waals surface area contributed by atoms with E-state index in [1.54, 1.807) is 60.7 Å². The predicted octanol–water partition coefficient (Wildman–Crippen LogP) is 7.58. The molecule has 192 valence electrons. The van der Waals surface area contributed by atoms with Crippen molar-refractivity contribution in [3.05, 3.63) is 138 Å². The van der Waals surface area contributed by atoms with E-state index in [0.717, 1.165) is 16.3 Å². The summed E-state index contributed by atoms with van der Waals surface area (Å²) in [5.41, 5.74) is 1.84. The second-order valence-corrected chi connectivity index (χ2v) is 12.8. The van der Waals surface area contributed by atoms with Crippen molar-refractivity contribution in [1.29, 1.82) is 0 Å². The van der Waals surface area contributed by atoms with E-state index in [2.05, 4.69) is 0 Å². The summed E-state index contributed by atoms with van der Waals surface area (Å²) in [6, 6.07) is 35.3. The van der Waals surface area contributed by atoms with Gasteiger partial charge >= 0.3 is 0 Å². The topological polar surface area (TPSA) is 51.2 Å². The van der Waals surface area contributed by atoms with Crippen molar-refractivity contribution in [3.8, 4) is 0 Å². The number of fused-ring (bicyclic) bond motifs is 1. The summed E-state index contributed by atoms with van der Waals surface area (Å²) < 4.78 is 57.2. The molecule has 0 unspecified atom stereocenters. The maximum absolute atomic E-state index is 16.7. The van der Waals surface area contributed by atoms with E-state index in [9.17, 15) is 12.6 Å². The van der Waals surface area contributed by atoms with Crippen molar-refractivity contribution in [2.75, 3.05) is 5.75 Å². The summed E-state index contributed by atoms with van der Waals surface area (Å²) in [6.45, 7) is 1.94. The number of alkyl halides is 1. The van der Waals surface area contributed by atoms with Crippen molar-refractivity contribution in [1.82, 2.24) is 0 Å². The molecule has 0 bridgehead atoms. The molecule has 5 rings (SSSR count). The number of halogens is 1. The molecule has 3 atom stereocenters. The van der Waals surface area contributed by atoms with Gasteiger partial charge in [-0.2, -0.15) is 0 Å². The molecule has 6 heteroatoms. The number of hydrogen-bond donors (Lipinski definition) is 0. The lowest BCUT2D eigenvalue weighted by Gasteiger charge is -2.24. The van der Waals surface area contributed by atoms with Crippen LogP contribution in [-0.2, 0) is 20.6 Å². The quantitative estimate of drug-likeness (QED) is 0.203. The minimum absolute atomic E-state index is 0.148. The van der Waals surface area contributed by atoms with Crippen LogP contribution in [0.4, 0.5) is 4.39 Å². The van der Waals surface area contributed by atoms with Gasteiger partial charge in [-0.05, 0) is 53.6 Å². The van der Waals surface area contributed by atoms with Gasteiger partial charge in [0, 0.05) is 21.3 Å². The summed E-state index contributed by atoms with van der Waals surface area (Å²) in [5, 5.41) is 1.88. The largest absolute Gasteiger partial charge is 0.249 e. The van der Waals surface area contributed by atoms with Crippen molar-refractivity contribution in [2.45, 2.75) is 33.7 Å². The number of benzene rings is 5. The van der Waals surface area contributed by atoms with E-state index >= 15 is 4.39 Å². The lowest BCUT2D eigenvalue weighted by molar-refractivity contribution is 0.296. The maximum atomic E-state index is 16.7. The summed E-state index contributed by atoms with van der Waals surface area (Å²) in [5.74, 6) is -1.44. The van der Waals surface area contributed by atoms with Crippen LogP contribution in [0.25, 0.3) is 10.8 Å². The van der Waals surface area contributed by atoms with Crippen LogP contribution in [0.5, 0.6) is 0 Å². The minimum Gasteiger partial charge on any atom is -0.249 e. The predicted molar refractivity (Wildman–Crippen MR) is 151 cm³/mol. The third-order valence-electron chi connectivity index (χ3n) is 6.71. The molecule has 0 saturated heterocycles. The Kier molecular flexibility index (Phi) is 7.54. The molecule has 0 spiro atoms. The molecule has 0 saturated carbocycles. The standard InChI is InChI=1S/C32H27FO3S2/c1-23-15-19-27(20-16-23)37(34)31-14-8-7-13-29(31)32(33)30(22-38(35,36)28-11-3-2-4-12-28)26-18-17-24-9-5-6-10-25(24)21-26/h2-21,30,32H,22H2,1H3/t30-,32+,37+/m1/s1. The van der Waals surface area contributed by atoms with Crippen LogP contribution in [0.2, 0.25) is 0 Å². The Bertz CT molecular complexity index is 1700. The van der Waals surface area contributed by atoms with E-state index in [0.29, 0.717) is 15.4 Å². The first-order valence-electron chi connectivity index (χ1n) is 12.3. The molecule has 0 N–H and O–H groups in total. The van der Waals surface area contributed by atoms with E-state index in [1.807, 2.05) is 55.5 Å². The Balaban J connectivity index is 1.60. The molecule has 0 aliphatic carbocycles. The van der Waals surface area contributed by atoms with Crippen LogP contribution in [0, 0.1) is 6.92 Å². The van der Waals surface area contributed by atoms with Crippen molar-refractivity contribution in [2.24, 2.45) is 0 Å². The minimum atomic E-state index is -3.82. The highest BCUT2D eigenvalue weighted by molar-refractivity contribution is 7.91. The molecular weight excluding hydrogens is 515 g/mol. The third-order valence-corrected chi connectivity index (χ3v) is 9.97. The van der Waals surface area contributed by atoms with Gasteiger partial charge in [0.15, 0.2) is 9.84 Å². The third kappa shape index (κ3) is 5.47. The summed E-state index contributed by atoms with van der Waals surface area (Å²) in [6.07, 6.45) is -1.71. The smallest absolute Gasteiger partial charge is 0.179 e. The fourth-order valence-electron chi connectivity index (χ4n) is 4.63. The Morgan fingerprint density at radius 2 is 1.37 bits per heavy atom. The van der Waals surface area contributed by atoms with E-state index in [4.69, 9.17) is 0 Å². The zero-order valence-corrected chi connectivity index (χ0v) is 22.5. The van der Waals surface area contributed by atoms with Crippen molar-refractivity contribution >= 4 is 31.4 Å². The van der Waals surface area contributed by atoms with Crippen LogP contribution >= 0.6 is 0 Å². The number of rotatable bonds is 8. The molecule has 5 aromatic rings. The van der Waals surface area contributed by atoms with Gasteiger partial charge in [-0.15, -0.1) is 0 Å². The molecule has 0 aliphatic rings. The Hall–Kier alpha value is -3.61. The van der Waals surface area contributed by atoms with E-state index in [1.165, 1.54) is 12.1 Å². The number of aryl methyl sites for hydroxylation is 1. The van der Waals surface area contributed by atoms with Gasteiger partial charge in [0.05, 0.1) is 21.4 Å². The molecule has 38 heavy (non-hydrogen) atoms. The summed E-state index contributed by atoms with van der Waals surface area (Å²) in [7, 11) is -5.45. The fraction of sp³-hybridized carbons (Fsp3) is 0.125. The molecule has 5 aromatic carbocycles. The summed E-state index contributed by atoms with van der Waals surface area (Å²) in [4.78, 5) is 1.05. The van der Waals surface area contributed by atoms with E-state index < -0.39 is 38.5 Å². The highest BCUT2D eigenvalue weighted by Crippen LogP contribution is 2.40. The first-order valence-corrected chi connectivity index (χ1v) is 15.1. The lowest BCUT2D eigenvalue weighted by atomic mass is 9.90. The average molecular weight is 543 g/mol. The monoisotopic (exact) mass is 542 g/mol. The van der Waals surface area contributed by atoms with Crippen LogP contribution < -0.4 is 0 Å². The van der Waals surface area contributed by atoms with Gasteiger partial charge in [0.25, 0.3) is 0 Å². The van der Waals surface area contributed by atoms with Gasteiger partial charge in [-0.1, -0.05) is 96.6 Å². The van der Waals surface area contributed by atoms with Crippen LogP contribution in [0.3, 0.4) is 0 Å². The second-order valence-electron chi connectivity index (χ2n) is 9.33. The second kappa shape index (κ2) is 11.0. The van der Waals surface area contributed by atoms with Gasteiger partial charge in [-0.25, -0.2) is 17.0 Å². The molecular formula is C32H27FO3S2. The van der Waals surface area contributed by atoms with E-state index in [-0.39, 0.29) is 10.5 Å². The first-order chi connectivity index (χ1) is 18.3. The molecule has 0 heterocycles. The maximum Gasteiger partial charge on any atom is 0.179 e. The molecule has 3 nitrogen and oxygen atoms in total. The first kappa shape index (κ1) is 26.0. The number of hydrogen-bond acceptors (Lipinski definition) is 3. The molecule has 0 aliphatic heterocycles. The fourth-order valence-corrected chi connectivity index (χ4v) is 7.46. The Labute approximate surface area is 225 Å². The van der Waals surface area contributed by atoms with Crippen LogP contribution in [0.1, 0.15) is 28.8 Å². The molecule has 0 aromatic heterocycles. The van der Waals surface area contributed by atoms with Gasteiger partial charge in [0.1, 0.15) is 6.17 Å². The Morgan fingerprint density at radius 1 is 0.737 bits per heavy atom. The van der Waals surface area contributed by atoms with Crippen LogP contribution in [0.15, 0.2) is 136 Å². The highest BCUT2D eigenvalue weighted by atomic mass is 32.2. The SMILES string of the molecule is Cc1ccc([S@](=O)c2ccccc2[C@H](F)[C@H](CS(=O)(=O)c2ccccc2)c2ccc3ccccc3c2)cc1. The van der Waals surface area contributed by atoms with Crippen LogP contribution in [-0.4, -0.2) is 18.4 Å². The molecule has 0 amide bonds. The highest BCUT2D eigenvalue weighted by Gasteiger charge is 2.33. The summed E-state index contributed by atoms with van der Waals surface area (Å²) >= 11 is 0. The van der Waals surface area contributed by atoms with Gasteiger partial charge in [0.2, 0.25) is 0 Å². The van der Waals surface area contributed by atoms with Gasteiger partial charge in [-0.3, -0.25) is 0 Å². The zero-order valence-electron chi connectivity index (χ0n) is 20.8. The van der Waals surface area contributed by atoms with Crippen molar-refractivity contribution < 1.29 is 17.0 Å². The molecule has 0 radical (unpaired) electrons. The number of sulfone groups is 1. The van der Waals surface area contributed by atoms with Crippen molar-refractivity contribution in [3.63, 3.8) is 0 Å². The normalized spacial score (nSPS) is 14.2. The zero-order chi connectivity index (χ0) is 26.7. The Morgan fingerprint density at radius 3 is 2.11 bits per heavy atom. The lowest BCUT2D eigenvalue weighted by Crippen LogP contribution is -2.20. The van der Waals surface area contributed by atoms with Gasteiger partial charge < -0.3 is 0 Å². The average Bonchev–Trinajstić information content (AvgIpc) is 2.96.